The molecule has 0 bridgehead atoms. The summed E-state index contributed by atoms with van der Waals surface area (Å²) in [5.41, 5.74) is 1.04. The Balaban J connectivity index is 3.14. The van der Waals surface area contributed by atoms with E-state index in [-0.39, 0.29) is 0 Å². The first-order valence-electron chi connectivity index (χ1n) is 3.04. The molecule has 0 aliphatic carbocycles. The van der Waals surface area contributed by atoms with E-state index >= 15 is 0 Å². The Bertz CT molecular complexity index is 235. The van der Waals surface area contributed by atoms with E-state index in [1.54, 1.807) is 13.2 Å². The summed E-state index contributed by atoms with van der Waals surface area (Å²) < 4.78 is 0. The van der Waals surface area contributed by atoms with Gasteiger partial charge in [-0.1, -0.05) is 11.6 Å². The lowest BCUT2D eigenvalue weighted by Crippen LogP contribution is -1.93. The van der Waals surface area contributed by atoms with E-state index in [9.17, 15) is 0 Å². The molecule has 0 radical (unpaired) electrons. The van der Waals surface area contributed by atoms with Crippen molar-refractivity contribution in [3.05, 3.63) is 22.8 Å². The fraction of sp³-hybridized carbons (Fsp3) is 0.286. The number of nitrogens with zero attached hydrogens (tertiary/aromatic N) is 1. The molecule has 0 aliphatic heterocycles. The van der Waals surface area contributed by atoms with Gasteiger partial charge in [-0.05, 0) is 18.6 Å². The molecule has 0 saturated heterocycles. The van der Waals surface area contributed by atoms with Gasteiger partial charge in [-0.3, -0.25) is 0 Å². The van der Waals surface area contributed by atoms with Crippen molar-refractivity contribution in [2.75, 3.05) is 12.4 Å². The van der Waals surface area contributed by atoms with E-state index in [0.717, 1.165) is 11.4 Å². The molecule has 3 heteroatoms. The molecule has 1 heterocycles. The minimum atomic E-state index is 0.699. The van der Waals surface area contributed by atoms with Crippen molar-refractivity contribution in [2.45, 2.75) is 6.92 Å². The fourth-order valence-electron chi connectivity index (χ4n) is 0.714. The molecule has 10 heavy (non-hydrogen) atoms. The topological polar surface area (TPSA) is 24.9 Å². The summed E-state index contributed by atoms with van der Waals surface area (Å²) in [6, 6.07) is 1.88. The van der Waals surface area contributed by atoms with Gasteiger partial charge < -0.3 is 5.32 Å². The highest BCUT2D eigenvalue weighted by atomic mass is 35.5. The summed E-state index contributed by atoms with van der Waals surface area (Å²) >= 11 is 5.87. The van der Waals surface area contributed by atoms with E-state index in [0.29, 0.717) is 5.02 Å². The summed E-state index contributed by atoms with van der Waals surface area (Å²) in [4.78, 5) is 4.01. The molecule has 2 nitrogen and oxygen atoms in total. The van der Waals surface area contributed by atoms with Crippen LogP contribution in [0, 0.1) is 6.92 Å². The first-order chi connectivity index (χ1) is 4.75. The normalized spacial score (nSPS) is 9.50. The maximum Gasteiger partial charge on any atom is 0.144 e. The highest BCUT2D eigenvalue weighted by Crippen LogP contribution is 2.21. The molecule has 1 rings (SSSR count). The first-order valence-corrected chi connectivity index (χ1v) is 3.42. The van der Waals surface area contributed by atoms with Crippen LogP contribution in [-0.4, -0.2) is 12.0 Å². The molecular formula is C7H9ClN2. The van der Waals surface area contributed by atoms with Crippen molar-refractivity contribution in [1.29, 1.82) is 0 Å². The van der Waals surface area contributed by atoms with Crippen molar-refractivity contribution in [3.8, 4) is 0 Å². The lowest BCUT2D eigenvalue weighted by Gasteiger charge is -2.02. The molecule has 0 unspecified atom stereocenters. The van der Waals surface area contributed by atoms with Gasteiger partial charge in [-0.25, -0.2) is 4.98 Å². The van der Waals surface area contributed by atoms with Crippen molar-refractivity contribution in [3.63, 3.8) is 0 Å². The molecule has 0 amide bonds. The number of hydrogen-bond acceptors (Lipinski definition) is 2. The van der Waals surface area contributed by atoms with Crippen LogP contribution in [-0.2, 0) is 0 Å². The zero-order chi connectivity index (χ0) is 7.56. The van der Waals surface area contributed by atoms with Gasteiger partial charge in [-0.2, -0.15) is 0 Å². The second-order valence-electron chi connectivity index (χ2n) is 2.04. The summed E-state index contributed by atoms with van der Waals surface area (Å²) in [5, 5.41) is 3.59. The van der Waals surface area contributed by atoms with Crippen molar-refractivity contribution < 1.29 is 0 Å². The maximum absolute atomic E-state index is 5.87. The minimum absolute atomic E-state index is 0.699. The van der Waals surface area contributed by atoms with E-state index in [4.69, 9.17) is 11.6 Å². The number of anilines is 1. The molecule has 0 saturated carbocycles. The van der Waals surface area contributed by atoms with Gasteiger partial charge in [0.15, 0.2) is 0 Å². The van der Waals surface area contributed by atoms with Crippen molar-refractivity contribution in [2.24, 2.45) is 0 Å². The van der Waals surface area contributed by atoms with Gasteiger partial charge in [0.1, 0.15) is 5.82 Å². The third-order valence-corrected chi connectivity index (χ3v) is 1.80. The second-order valence-corrected chi connectivity index (χ2v) is 2.42. The Morgan fingerprint density at radius 3 is 2.80 bits per heavy atom. The Morgan fingerprint density at radius 2 is 2.30 bits per heavy atom. The highest BCUT2D eigenvalue weighted by Gasteiger charge is 1.99. The molecule has 0 atom stereocenters. The van der Waals surface area contributed by atoms with Crippen molar-refractivity contribution >= 4 is 17.4 Å². The van der Waals surface area contributed by atoms with Gasteiger partial charge >= 0.3 is 0 Å². The first kappa shape index (κ1) is 7.35. The SMILES string of the molecule is CNc1nccc(C)c1Cl. The predicted octanol–water partition coefficient (Wildman–Crippen LogP) is 2.09. The average Bonchev–Trinajstić information content (AvgIpc) is 1.95. The van der Waals surface area contributed by atoms with E-state index in [1.807, 2.05) is 13.0 Å². The van der Waals surface area contributed by atoms with Crippen molar-refractivity contribution in [1.82, 2.24) is 4.98 Å². The minimum Gasteiger partial charge on any atom is -0.372 e. The smallest absolute Gasteiger partial charge is 0.144 e. The fourth-order valence-corrected chi connectivity index (χ4v) is 0.921. The summed E-state index contributed by atoms with van der Waals surface area (Å²) in [7, 11) is 1.80. The van der Waals surface area contributed by atoms with Crippen LogP contribution < -0.4 is 5.32 Å². The van der Waals surface area contributed by atoms with Gasteiger partial charge in [0.05, 0.1) is 5.02 Å². The highest BCUT2D eigenvalue weighted by molar-refractivity contribution is 6.33. The number of hydrogen-bond donors (Lipinski definition) is 1. The number of aromatic nitrogens is 1. The maximum atomic E-state index is 5.87. The Kier molecular flexibility index (Phi) is 2.12. The monoisotopic (exact) mass is 156 g/mol. The van der Waals surface area contributed by atoms with Crippen LogP contribution in [0.1, 0.15) is 5.56 Å². The Labute approximate surface area is 65.2 Å². The largest absolute Gasteiger partial charge is 0.372 e. The van der Waals surface area contributed by atoms with Crippen LogP contribution in [0.5, 0.6) is 0 Å². The standard InChI is InChI=1S/C7H9ClN2/c1-5-3-4-10-7(9-2)6(5)8/h3-4H,1-2H3,(H,9,10). The van der Waals surface area contributed by atoms with Crippen LogP contribution in [0.3, 0.4) is 0 Å². The molecule has 1 aromatic rings. The third-order valence-electron chi connectivity index (χ3n) is 1.32. The molecule has 1 aromatic heterocycles. The van der Waals surface area contributed by atoms with E-state index in [2.05, 4.69) is 10.3 Å². The number of halogens is 1. The zero-order valence-electron chi connectivity index (χ0n) is 5.98. The van der Waals surface area contributed by atoms with Crippen LogP contribution in [0.25, 0.3) is 0 Å². The summed E-state index contributed by atoms with van der Waals surface area (Å²) in [5.74, 6) is 0.738. The van der Waals surface area contributed by atoms with Crippen LogP contribution >= 0.6 is 11.6 Å². The Hall–Kier alpha value is -0.760. The molecule has 0 aliphatic rings. The van der Waals surface area contributed by atoms with Gasteiger partial charge in [0.2, 0.25) is 0 Å². The summed E-state index contributed by atoms with van der Waals surface area (Å²) in [6.07, 6.45) is 1.73. The van der Waals surface area contributed by atoms with Gasteiger partial charge in [-0.15, -0.1) is 0 Å². The molecule has 0 spiro atoms. The van der Waals surface area contributed by atoms with Gasteiger partial charge in [0.25, 0.3) is 0 Å². The molecular weight excluding hydrogens is 148 g/mol. The second kappa shape index (κ2) is 2.88. The number of rotatable bonds is 1. The zero-order valence-corrected chi connectivity index (χ0v) is 6.74. The molecule has 1 N–H and O–H groups in total. The molecule has 0 aromatic carbocycles. The van der Waals surface area contributed by atoms with E-state index < -0.39 is 0 Å². The number of pyridine rings is 1. The third kappa shape index (κ3) is 1.21. The summed E-state index contributed by atoms with van der Waals surface area (Å²) in [6.45, 7) is 1.95. The molecule has 0 fully saturated rings. The molecule has 54 valence electrons. The lowest BCUT2D eigenvalue weighted by molar-refractivity contribution is 1.26. The quantitative estimate of drug-likeness (QED) is 0.674. The number of nitrogens with one attached hydrogen (secondary N) is 1. The number of aryl methyl sites for hydroxylation is 1. The van der Waals surface area contributed by atoms with Crippen LogP contribution in [0.2, 0.25) is 5.02 Å². The lowest BCUT2D eigenvalue weighted by atomic mass is 10.3. The van der Waals surface area contributed by atoms with Crippen LogP contribution in [0.15, 0.2) is 12.3 Å². The van der Waals surface area contributed by atoms with Crippen LogP contribution in [0.4, 0.5) is 5.82 Å². The predicted molar refractivity (Wildman–Crippen MR) is 43.5 cm³/mol. The Morgan fingerprint density at radius 1 is 1.60 bits per heavy atom. The average molecular weight is 157 g/mol. The van der Waals surface area contributed by atoms with Gasteiger partial charge in [0, 0.05) is 13.2 Å². The van der Waals surface area contributed by atoms with E-state index in [1.165, 1.54) is 0 Å².